The zero-order valence-electron chi connectivity index (χ0n) is 16.5. The predicted molar refractivity (Wildman–Crippen MR) is 109 cm³/mol. The van der Waals surface area contributed by atoms with Crippen LogP contribution in [0.25, 0.3) is 0 Å². The summed E-state index contributed by atoms with van der Waals surface area (Å²) in [5.74, 6) is 1.64. The van der Waals surface area contributed by atoms with Gasteiger partial charge in [0.2, 0.25) is 0 Å². The third-order valence-electron chi connectivity index (χ3n) is 4.73. The molecule has 0 saturated heterocycles. The van der Waals surface area contributed by atoms with Crippen molar-refractivity contribution in [1.29, 1.82) is 0 Å². The molecule has 3 rings (SSSR count). The highest BCUT2D eigenvalue weighted by molar-refractivity contribution is 5.32. The molecule has 148 valence electrons. The van der Waals surface area contributed by atoms with Crippen molar-refractivity contribution in [3.8, 4) is 5.75 Å². The largest absolute Gasteiger partial charge is 0.497 e. The zero-order chi connectivity index (χ0) is 19.8. The van der Waals surface area contributed by atoms with Crippen LogP contribution in [0.5, 0.6) is 5.75 Å². The Morgan fingerprint density at radius 1 is 1.14 bits per heavy atom. The van der Waals surface area contributed by atoms with E-state index < -0.39 is 0 Å². The molecule has 0 saturated carbocycles. The quantitative estimate of drug-likeness (QED) is 0.562. The Balaban J connectivity index is 1.86. The predicted octanol–water partition coefficient (Wildman–Crippen LogP) is 2.82. The molecule has 0 aliphatic heterocycles. The summed E-state index contributed by atoms with van der Waals surface area (Å²) in [5, 5.41) is 16.0. The van der Waals surface area contributed by atoms with Crippen LogP contribution >= 0.6 is 0 Å². The van der Waals surface area contributed by atoms with Gasteiger partial charge < -0.3 is 10.5 Å². The molecular weight excluding hydrogens is 352 g/mol. The van der Waals surface area contributed by atoms with Crippen molar-refractivity contribution in [3.63, 3.8) is 0 Å². The molecule has 3 N–H and O–H groups in total. The van der Waals surface area contributed by atoms with Gasteiger partial charge in [0.15, 0.2) is 5.82 Å². The second-order valence-corrected chi connectivity index (χ2v) is 6.72. The smallest absolute Gasteiger partial charge is 0.172 e. The monoisotopic (exact) mass is 380 g/mol. The maximum Gasteiger partial charge on any atom is 0.172 e. The van der Waals surface area contributed by atoms with E-state index in [1.54, 1.807) is 7.11 Å². The number of tetrazole rings is 1. The molecule has 28 heavy (non-hydrogen) atoms. The molecule has 1 unspecified atom stereocenters. The van der Waals surface area contributed by atoms with Gasteiger partial charge in [0, 0.05) is 19.6 Å². The fraction of sp³-hybridized carbons (Fsp3) is 0.381. The van der Waals surface area contributed by atoms with E-state index in [4.69, 9.17) is 10.5 Å². The molecule has 2 aromatic carbocycles. The summed E-state index contributed by atoms with van der Waals surface area (Å²) >= 11 is 0. The molecule has 1 aromatic heterocycles. The third kappa shape index (κ3) is 4.94. The lowest BCUT2D eigenvalue weighted by Crippen LogP contribution is -2.26. The SMILES string of the molecule is CCCCn1nnnc1C(NCc1cccc(CN)c1)c1ccc(OC)cc1. The fourth-order valence-electron chi connectivity index (χ4n) is 3.13. The molecule has 0 aliphatic rings. The van der Waals surface area contributed by atoms with E-state index in [-0.39, 0.29) is 6.04 Å². The summed E-state index contributed by atoms with van der Waals surface area (Å²) in [6, 6.07) is 16.2. The summed E-state index contributed by atoms with van der Waals surface area (Å²) in [6.07, 6.45) is 2.12. The summed E-state index contributed by atoms with van der Waals surface area (Å²) < 4.78 is 7.18. The highest BCUT2D eigenvalue weighted by Gasteiger charge is 2.21. The van der Waals surface area contributed by atoms with Crippen molar-refractivity contribution in [3.05, 3.63) is 71.0 Å². The van der Waals surface area contributed by atoms with Crippen molar-refractivity contribution >= 4 is 0 Å². The van der Waals surface area contributed by atoms with Crippen LogP contribution < -0.4 is 15.8 Å². The minimum Gasteiger partial charge on any atom is -0.497 e. The maximum absolute atomic E-state index is 5.77. The Labute approximate surface area is 165 Å². The van der Waals surface area contributed by atoms with Gasteiger partial charge in [0.1, 0.15) is 5.75 Å². The maximum atomic E-state index is 5.77. The van der Waals surface area contributed by atoms with Crippen molar-refractivity contribution in [1.82, 2.24) is 25.5 Å². The molecule has 0 fully saturated rings. The number of nitrogens with two attached hydrogens (primary N) is 1. The van der Waals surface area contributed by atoms with E-state index in [1.165, 1.54) is 5.56 Å². The Morgan fingerprint density at radius 3 is 2.64 bits per heavy atom. The highest BCUT2D eigenvalue weighted by Crippen LogP contribution is 2.23. The second-order valence-electron chi connectivity index (χ2n) is 6.72. The molecule has 0 spiro atoms. The van der Waals surface area contributed by atoms with Crippen LogP contribution in [0.2, 0.25) is 0 Å². The van der Waals surface area contributed by atoms with Gasteiger partial charge in [-0.1, -0.05) is 49.7 Å². The highest BCUT2D eigenvalue weighted by atomic mass is 16.5. The van der Waals surface area contributed by atoms with Gasteiger partial charge in [-0.3, -0.25) is 5.32 Å². The van der Waals surface area contributed by atoms with Crippen molar-refractivity contribution in [2.45, 2.75) is 45.4 Å². The molecule has 0 aliphatic carbocycles. The van der Waals surface area contributed by atoms with E-state index in [0.29, 0.717) is 13.1 Å². The van der Waals surface area contributed by atoms with Crippen molar-refractivity contribution in [2.24, 2.45) is 5.73 Å². The average molecular weight is 380 g/mol. The van der Waals surface area contributed by atoms with Gasteiger partial charge in [0.05, 0.1) is 13.2 Å². The molecule has 1 heterocycles. The fourth-order valence-corrected chi connectivity index (χ4v) is 3.13. The van der Waals surface area contributed by atoms with Gasteiger partial charge in [-0.2, -0.15) is 0 Å². The number of unbranched alkanes of at least 4 members (excludes halogenated alkanes) is 1. The number of rotatable bonds is 10. The Bertz CT molecular complexity index is 861. The minimum absolute atomic E-state index is 0.126. The van der Waals surface area contributed by atoms with Gasteiger partial charge in [0.25, 0.3) is 0 Å². The lowest BCUT2D eigenvalue weighted by Gasteiger charge is -2.19. The molecule has 0 amide bonds. The molecule has 0 bridgehead atoms. The lowest BCUT2D eigenvalue weighted by molar-refractivity contribution is 0.414. The van der Waals surface area contributed by atoms with Crippen molar-refractivity contribution in [2.75, 3.05) is 7.11 Å². The summed E-state index contributed by atoms with van der Waals surface area (Å²) in [6.45, 7) is 4.18. The lowest BCUT2D eigenvalue weighted by atomic mass is 10.0. The Hall–Kier alpha value is -2.77. The number of methoxy groups -OCH3 is 1. The van der Waals surface area contributed by atoms with Crippen LogP contribution in [-0.4, -0.2) is 27.3 Å². The molecule has 0 radical (unpaired) electrons. The number of benzene rings is 2. The molecule has 3 aromatic rings. The Morgan fingerprint density at radius 2 is 1.93 bits per heavy atom. The van der Waals surface area contributed by atoms with E-state index in [9.17, 15) is 0 Å². The third-order valence-corrected chi connectivity index (χ3v) is 4.73. The van der Waals surface area contributed by atoms with Crippen LogP contribution in [0.3, 0.4) is 0 Å². The topological polar surface area (TPSA) is 90.9 Å². The number of aromatic nitrogens is 4. The first-order chi connectivity index (χ1) is 13.7. The normalized spacial score (nSPS) is 12.1. The molecule has 7 nitrogen and oxygen atoms in total. The zero-order valence-corrected chi connectivity index (χ0v) is 16.5. The average Bonchev–Trinajstić information content (AvgIpc) is 3.21. The summed E-state index contributed by atoms with van der Waals surface area (Å²) in [4.78, 5) is 0. The Kier molecular flexibility index (Phi) is 7.11. The van der Waals surface area contributed by atoms with Crippen LogP contribution in [0.15, 0.2) is 48.5 Å². The van der Waals surface area contributed by atoms with Gasteiger partial charge >= 0.3 is 0 Å². The second kappa shape index (κ2) is 9.96. The van der Waals surface area contributed by atoms with E-state index in [0.717, 1.165) is 42.1 Å². The summed E-state index contributed by atoms with van der Waals surface area (Å²) in [7, 11) is 1.67. The standard InChI is InChI=1S/C21H28N6O/c1-3-4-12-27-21(24-25-26-27)20(18-8-10-19(28-2)11-9-18)23-15-17-7-5-6-16(13-17)14-22/h5-11,13,20,23H,3-4,12,14-15,22H2,1-2H3. The number of hydrogen-bond donors (Lipinski definition) is 2. The minimum atomic E-state index is -0.126. The van der Waals surface area contributed by atoms with Gasteiger partial charge in [-0.15, -0.1) is 5.10 Å². The number of aryl methyl sites for hydroxylation is 1. The number of nitrogens with zero attached hydrogens (tertiary/aromatic N) is 4. The van der Waals surface area contributed by atoms with Crippen LogP contribution in [0.1, 0.15) is 48.3 Å². The van der Waals surface area contributed by atoms with Gasteiger partial charge in [-0.05, 0) is 45.7 Å². The van der Waals surface area contributed by atoms with Crippen LogP contribution in [0.4, 0.5) is 0 Å². The van der Waals surface area contributed by atoms with Crippen LogP contribution in [-0.2, 0) is 19.6 Å². The molecular formula is C21H28N6O. The first-order valence-corrected chi connectivity index (χ1v) is 9.66. The first kappa shape index (κ1) is 20.0. The number of nitrogens with one attached hydrogen (secondary N) is 1. The summed E-state index contributed by atoms with van der Waals surface area (Å²) in [5.41, 5.74) is 9.15. The van der Waals surface area contributed by atoms with E-state index in [1.807, 2.05) is 41.1 Å². The molecule has 1 atom stereocenters. The van der Waals surface area contributed by atoms with E-state index in [2.05, 4.69) is 39.9 Å². The van der Waals surface area contributed by atoms with Gasteiger partial charge in [-0.25, -0.2) is 4.68 Å². The first-order valence-electron chi connectivity index (χ1n) is 9.66. The van der Waals surface area contributed by atoms with Crippen LogP contribution in [0, 0.1) is 0 Å². The molecule has 7 heteroatoms. The van der Waals surface area contributed by atoms with E-state index >= 15 is 0 Å². The number of hydrogen-bond acceptors (Lipinski definition) is 6. The van der Waals surface area contributed by atoms with Crippen molar-refractivity contribution < 1.29 is 4.74 Å². The number of ether oxygens (including phenoxy) is 1.